The van der Waals surface area contributed by atoms with Crippen LogP contribution in [0.15, 0.2) is 24.3 Å². The number of rotatable bonds is 5. The highest BCUT2D eigenvalue weighted by Crippen LogP contribution is 2.27. The maximum absolute atomic E-state index is 5.90. The first kappa shape index (κ1) is 14.2. The third kappa shape index (κ3) is 4.47. The van der Waals surface area contributed by atoms with E-state index in [-0.39, 0.29) is 0 Å². The van der Waals surface area contributed by atoms with E-state index in [9.17, 15) is 0 Å². The molecule has 0 spiro atoms. The number of thioether (sulfide) groups is 1. The van der Waals surface area contributed by atoms with Crippen LogP contribution in [0, 0.1) is 5.92 Å². The zero-order valence-corrected chi connectivity index (χ0v) is 12.1. The molecule has 1 aromatic rings. The van der Waals surface area contributed by atoms with Gasteiger partial charge in [0.15, 0.2) is 0 Å². The molecule has 4 heteroatoms. The average Bonchev–Trinajstić information content (AvgIpc) is 2.41. The molecule has 0 amide bonds. The number of hydrogen-bond donors (Lipinski definition) is 2. The summed E-state index contributed by atoms with van der Waals surface area (Å²) in [6, 6.07) is 8.44. The summed E-state index contributed by atoms with van der Waals surface area (Å²) in [6.45, 7) is 0. The van der Waals surface area contributed by atoms with Gasteiger partial charge in [-0.05, 0) is 60.8 Å². The van der Waals surface area contributed by atoms with Crippen LogP contribution >= 0.6 is 23.4 Å². The third-order valence-electron chi connectivity index (χ3n) is 3.59. The molecule has 1 unspecified atom stereocenters. The van der Waals surface area contributed by atoms with Gasteiger partial charge in [-0.15, -0.1) is 0 Å². The van der Waals surface area contributed by atoms with Gasteiger partial charge in [0.05, 0.1) is 0 Å². The van der Waals surface area contributed by atoms with E-state index >= 15 is 0 Å². The zero-order chi connectivity index (χ0) is 12.8. The summed E-state index contributed by atoms with van der Waals surface area (Å²) in [7, 11) is 0. The van der Waals surface area contributed by atoms with Gasteiger partial charge in [0.25, 0.3) is 0 Å². The van der Waals surface area contributed by atoms with Gasteiger partial charge in [-0.2, -0.15) is 11.8 Å². The Hall–Kier alpha value is -0.220. The highest BCUT2D eigenvalue weighted by atomic mass is 35.5. The van der Waals surface area contributed by atoms with Crippen LogP contribution in [-0.4, -0.2) is 17.5 Å². The Morgan fingerprint density at radius 3 is 2.56 bits per heavy atom. The Morgan fingerprint density at radius 1 is 1.28 bits per heavy atom. The summed E-state index contributed by atoms with van der Waals surface area (Å²) >= 11 is 7.97. The lowest BCUT2D eigenvalue weighted by Gasteiger charge is -2.26. The molecule has 2 rings (SSSR count). The van der Waals surface area contributed by atoms with E-state index in [1.165, 1.54) is 36.3 Å². The molecule has 0 bridgehead atoms. The number of halogens is 1. The van der Waals surface area contributed by atoms with Crippen molar-refractivity contribution in [2.45, 2.75) is 31.7 Å². The molecule has 1 atom stereocenters. The Balaban J connectivity index is 1.86. The summed E-state index contributed by atoms with van der Waals surface area (Å²) < 4.78 is 0. The molecule has 2 nitrogen and oxygen atoms in total. The van der Waals surface area contributed by atoms with Crippen molar-refractivity contribution in [1.82, 2.24) is 5.43 Å². The molecule has 0 saturated carbocycles. The second-order valence-corrected chi connectivity index (χ2v) is 6.65. The van der Waals surface area contributed by atoms with Gasteiger partial charge in [0.2, 0.25) is 0 Å². The molecule has 18 heavy (non-hydrogen) atoms. The minimum atomic E-state index is 0.374. The number of nitrogens with one attached hydrogen (secondary N) is 1. The lowest BCUT2D eigenvalue weighted by atomic mass is 9.91. The lowest BCUT2D eigenvalue weighted by molar-refractivity contribution is 0.366. The van der Waals surface area contributed by atoms with Crippen molar-refractivity contribution in [2.24, 2.45) is 11.8 Å². The molecular weight excluding hydrogens is 264 g/mol. The van der Waals surface area contributed by atoms with Gasteiger partial charge in [-0.1, -0.05) is 23.7 Å². The van der Waals surface area contributed by atoms with E-state index in [0.717, 1.165) is 17.4 Å². The van der Waals surface area contributed by atoms with Crippen LogP contribution in [0.25, 0.3) is 0 Å². The molecule has 1 aromatic carbocycles. The van der Waals surface area contributed by atoms with Crippen LogP contribution < -0.4 is 11.3 Å². The molecule has 3 N–H and O–H groups in total. The summed E-state index contributed by atoms with van der Waals surface area (Å²) in [5, 5.41) is 0.792. The predicted molar refractivity (Wildman–Crippen MR) is 80.9 cm³/mol. The Morgan fingerprint density at radius 2 is 1.94 bits per heavy atom. The van der Waals surface area contributed by atoms with Crippen LogP contribution in [0.1, 0.15) is 24.8 Å². The van der Waals surface area contributed by atoms with Crippen molar-refractivity contribution in [3.05, 3.63) is 34.9 Å². The second kappa shape index (κ2) is 7.39. The minimum Gasteiger partial charge on any atom is -0.271 e. The van der Waals surface area contributed by atoms with Crippen LogP contribution in [-0.2, 0) is 6.42 Å². The molecule has 100 valence electrons. The Bertz CT molecular complexity index is 349. The van der Waals surface area contributed by atoms with Crippen molar-refractivity contribution in [2.75, 3.05) is 11.5 Å². The SMILES string of the molecule is NNC(Cc1ccc(Cl)cc1)CC1CCSCC1. The Kier molecular flexibility index (Phi) is 5.83. The van der Waals surface area contributed by atoms with Gasteiger partial charge < -0.3 is 0 Å². The first-order valence-electron chi connectivity index (χ1n) is 6.56. The topological polar surface area (TPSA) is 38.0 Å². The van der Waals surface area contributed by atoms with Crippen LogP contribution in [0.4, 0.5) is 0 Å². The van der Waals surface area contributed by atoms with Crippen molar-refractivity contribution in [3.63, 3.8) is 0 Å². The van der Waals surface area contributed by atoms with E-state index in [0.29, 0.717) is 6.04 Å². The van der Waals surface area contributed by atoms with Crippen molar-refractivity contribution in [1.29, 1.82) is 0 Å². The Labute approximate surface area is 119 Å². The first-order chi connectivity index (χ1) is 8.78. The molecule has 1 aliphatic heterocycles. The van der Waals surface area contributed by atoms with E-state index in [1.54, 1.807) is 0 Å². The smallest absolute Gasteiger partial charge is 0.0406 e. The molecule has 1 aliphatic rings. The van der Waals surface area contributed by atoms with E-state index < -0.39 is 0 Å². The van der Waals surface area contributed by atoms with E-state index in [1.807, 2.05) is 12.1 Å². The molecule has 0 aromatic heterocycles. The lowest BCUT2D eigenvalue weighted by Crippen LogP contribution is -2.38. The highest BCUT2D eigenvalue weighted by molar-refractivity contribution is 7.99. The van der Waals surface area contributed by atoms with Gasteiger partial charge >= 0.3 is 0 Å². The average molecular weight is 285 g/mol. The molecule has 0 aliphatic carbocycles. The van der Waals surface area contributed by atoms with Gasteiger partial charge in [-0.3, -0.25) is 11.3 Å². The normalized spacial score (nSPS) is 18.8. The second-order valence-electron chi connectivity index (χ2n) is 4.99. The fourth-order valence-electron chi connectivity index (χ4n) is 2.50. The monoisotopic (exact) mass is 284 g/mol. The van der Waals surface area contributed by atoms with Crippen molar-refractivity contribution in [3.8, 4) is 0 Å². The summed E-state index contributed by atoms with van der Waals surface area (Å²) in [6.07, 6.45) is 4.84. The first-order valence-corrected chi connectivity index (χ1v) is 8.09. The fourth-order valence-corrected chi connectivity index (χ4v) is 3.83. The van der Waals surface area contributed by atoms with Crippen LogP contribution in [0.5, 0.6) is 0 Å². The fraction of sp³-hybridized carbons (Fsp3) is 0.571. The number of nitrogens with two attached hydrogens (primary N) is 1. The van der Waals surface area contributed by atoms with Gasteiger partial charge in [0.1, 0.15) is 0 Å². The third-order valence-corrected chi connectivity index (χ3v) is 4.89. The molecule has 0 radical (unpaired) electrons. The van der Waals surface area contributed by atoms with Crippen LogP contribution in [0.3, 0.4) is 0 Å². The number of hydrazine groups is 1. The van der Waals surface area contributed by atoms with Crippen molar-refractivity contribution >= 4 is 23.4 Å². The molecule has 1 saturated heterocycles. The maximum atomic E-state index is 5.90. The molecule has 1 heterocycles. The van der Waals surface area contributed by atoms with Gasteiger partial charge in [0, 0.05) is 11.1 Å². The minimum absolute atomic E-state index is 0.374. The maximum Gasteiger partial charge on any atom is 0.0406 e. The number of hydrogen-bond acceptors (Lipinski definition) is 3. The highest BCUT2D eigenvalue weighted by Gasteiger charge is 2.18. The summed E-state index contributed by atoms with van der Waals surface area (Å²) in [5.41, 5.74) is 4.27. The zero-order valence-electron chi connectivity index (χ0n) is 10.6. The van der Waals surface area contributed by atoms with Gasteiger partial charge in [-0.25, -0.2) is 0 Å². The number of benzene rings is 1. The predicted octanol–water partition coefficient (Wildman–Crippen LogP) is 3.25. The quantitative estimate of drug-likeness (QED) is 0.644. The summed E-state index contributed by atoms with van der Waals surface area (Å²) in [4.78, 5) is 0. The van der Waals surface area contributed by atoms with E-state index in [4.69, 9.17) is 17.4 Å². The van der Waals surface area contributed by atoms with E-state index in [2.05, 4.69) is 29.3 Å². The molecule has 1 fully saturated rings. The van der Waals surface area contributed by atoms with Crippen LogP contribution in [0.2, 0.25) is 5.02 Å². The summed E-state index contributed by atoms with van der Waals surface area (Å²) in [5.74, 6) is 9.14. The standard InChI is InChI=1S/C14H21ClN2S/c15-13-3-1-11(2-4-13)9-14(17-16)10-12-5-7-18-8-6-12/h1-4,12,14,17H,5-10,16H2. The molecular formula is C14H21ClN2S. The largest absolute Gasteiger partial charge is 0.271 e. The van der Waals surface area contributed by atoms with Crippen molar-refractivity contribution < 1.29 is 0 Å².